The molecule has 1 amide bonds. The van der Waals surface area contributed by atoms with Gasteiger partial charge in [-0.1, -0.05) is 53.4 Å². The molecule has 0 radical (unpaired) electrons. The van der Waals surface area contributed by atoms with E-state index in [-0.39, 0.29) is 17.2 Å². The van der Waals surface area contributed by atoms with Crippen LogP contribution in [0, 0.1) is 0 Å². The lowest BCUT2D eigenvalue weighted by atomic mass is 10.1. The van der Waals surface area contributed by atoms with Crippen LogP contribution in [0.1, 0.15) is 45.4 Å². The summed E-state index contributed by atoms with van der Waals surface area (Å²) in [5.74, 6) is 0.306. The number of halogens is 1. The summed E-state index contributed by atoms with van der Waals surface area (Å²) in [7, 11) is 0. The normalized spacial score (nSPS) is 15.8. The highest BCUT2D eigenvalue weighted by molar-refractivity contribution is 9.10. The Labute approximate surface area is 166 Å². The molecule has 0 aliphatic heterocycles. The lowest BCUT2D eigenvalue weighted by molar-refractivity contribution is -0.119. The van der Waals surface area contributed by atoms with Gasteiger partial charge >= 0.3 is 0 Å². The van der Waals surface area contributed by atoms with Crippen LogP contribution in [0.2, 0.25) is 0 Å². The molecule has 1 fully saturated rings. The molecule has 0 saturated heterocycles. The molecule has 1 aliphatic rings. The van der Waals surface area contributed by atoms with Crippen molar-refractivity contribution in [1.29, 1.82) is 0 Å². The van der Waals surface area contributed by atoms with Crippen molar-refractivity contribution >= 4 is 44.5 Å². The van der Waals surface area contributed by atoms with Gasteiger partial charge in [-0.25, -0.2) is 4.98 Å². The SMILES string of the molecule is CCn1c(SCC(=O)NC2CCCCCC2)nc2ccc(Br)cc2c1=O. The molecule has 0 bridgehead atoms. The van der Waals surface area contributed by atoms with Gasteiger partial charge in [0.2, 0.25) is 5.91 Å². The Morgan fingerprint density at radius 1 is 1.31 bits per heavy atom. The van der Waals surface area contributed by atoms with E-state index in [0.717, 1.165) is 17.3 Å². The van der Waals surface area contributed by atoms with Gasteiger partial charge in [-0.3, -0.25) is 14.2 Å². The van der Waals surface area contributed by atoms with E-state index in [4.69, 9.17) is 0 Å². The fourth-order valence-electron chi connectivity index (χ4n) is 3.38. The largest absolute Gasteiger partial charge is 0.353 e. The first-order chi connectivity index (χ1) is 12.6. The van der Waals surface area contributed by atoms with Crippen LogP contribution in [-0.4, -0.2) is 27.3 Å². The maximum atomic E-state index is 12.7. The van der Waals surface area contributed by atoms with Crippen LogP contribution in [0.25, 0.3) is 10.9 Å². The molecule has 2 aromatic rings. The Morgan fingerprint density at radius 2 is 2.04 bits per heavy atom. The molecule has 1 aromatic carbocycles. The number of hydrogen-bond donors (Lipinski definition) is 1. The van der Waals surface area contributed by atoms with Gasteiger partial charge in [-0.2, -0.15) is 0 Å². The average molecular weight is 438 g/mol. The number of nitrogens with one attached hydrogen (secondary N) is 1. The van der Waals surface area contributed by atoms with E-state index in [0.29, 0.717) is 28.6 Å². The second-order valence-electron chi connectivity index (χ2n) is 6.65. The first-order valence-corrected chi connectivity index (χ1v) is 11.0. The van der Waals surface area contributed by atoms with Gasteiger partial charge in [0, 0.05) is 17.1 Å². The topological polar surface area (TPSA) is 64.0 Å². The van der Waals surface area contributed by atoms with E-state index < -0.39 is 0 Å². The third-order valence-corrected chi connectivity index (χ3v) is 6.22. The van der Waals surface area contributed by atoms with Crippen LogP contribution in [-0.2, 0) is 11.3 Å². The number of fused-ring (bicyclic) bond motifs is 1. The molecule has 1 N–H and O–H groups in total. The summed E-state index contributed by atoms with van der Waals surface area (Å²) in [6, 6.07) is 5.79. The molecule has 7 heteroatoms. The zero-order valence-electron chi connectivity index (χ0n) is 15.0. The number of nitrogens with zero attached hydrogens (tertiary/aromatic N) is 2. The van der Waals surface area contributed by atoms with Crippen LogP contribution < -0.4 is 10.9 Å². The zero-order chi connectivity index (χ0) is 18.5. The van der Waals surface area contributed by atoms with E-state index in [1.54, 1.807) is 10.6 Å². The standard InChI is InChI=1S/C19H24BrN3O2S/c1-2-23-18(25)15-11-13(20)9-10-16(15)22-19(23)26-12-17(24)21-14-7-5-3-4-6-8-14/h9-11,14H,2-8,12H2,1H3,(H,21,24). The third kappa shape index (κ3) is 4.68. The van der Waals surface area contributed by atoms with Crippen molar-refractivity contribution in [3.8, 4) is 0 Å². The molecule has 140 valence electrons. The highest BCUT2D eigenvalue weighted by Crippen LogP contribution is 2.21. The average Bonchev–Trinajstić information content (AvgIpc) is 2.89. The lowest BCUT2D eigenvalue weighted by Crippen LogP contribution is -2.35. The molecule has 0 unspecified atom stereocenters. The van der Waals surface area contributed by atoms with Gasteiger partial charge in [-0.15, -0.1) is 0 Å². The molecule has 26 heavy (non-hydrogen) atoms. The zero-order valence-corrected chi connectivity index (χ0v) is 17.4. The van der Waals surface area contributed by atoms with E-state index in [9.17, 15) is 9.59 Å². The Bertz CT molecular complexity index is 845. The predicted octanol–water partition coefficient (Wildman–Crippen LogP) is 4.11. The fourth-order valence-corrected chi connectivity index (χ4v) is 4.62. The van der Waals surface area contributed by atoms with Gasteiger partial charge in [0.15, 0.2) is 5.16 Å². The molecule has 1 heterocycles. The molecule has 1 saturated carbocycles. The van der Waals surface area contributed by atoms with Crippen LogP contribution in [0.5, 0.6) is 0 Å². The third-order valence-electron chi connectivity index (χ3n) is 4.75. The quantitative estimate of drug-likeness (QED) is 0.434. The number of benzene rings is 1. The van der Waals surface area contributed by atoms with Crippen molar-refractivity contribution in [2.45, 2.75) is 63.2 Å². The molecule has 5 nitrogen and oxygen atoms in total. The van der Waals surface area contributed by atoms with Crippen molar-refractivity contribution in [3.63, 3.8) is 0 Å². The minimum absolute atomic E-state index is 0.0229. The molecule has 3 rings (SSSR count). The number of hydrogen-bond acceptors (Lipinski definition) is 4. The first kappa shape index (κ1) is 19.4. The van der Waals surface area contributed by atoms with Crippen molar-refractivity contribution in [3.05, 3.63) is 33.0 Å². The number of thioether (sulfide) groups is 1. The number of amides is 1. The summed E-state index contributed by atoms with van der Waals surface area (Å²) < 4.78 is 2.49. The summed E-state index contributed by atoms with van der Waals surface area (Å²) in [6.07, 6.45) is 7.05. The maximum absolute atomic E-state index is 12.7. The summed E-state index contributed by atoms with van der Waals surface area (Å²) >= 11 is 4.73. The highest BCUT2D eigenvalue weighted by Gasteiger charge is 2.16. The van der Waals surface area contributed by atoms with E-state index in [2.05, 4.69) is 26.2 Å². The summed E-state index contributed by atoms with van der Waals surface area (Å²) in [5.41, 5.74) is 0.597. The monoisotopic (exact) mass is 437 g/mol. The maximum Gasteiger partial charge on any atom is 0.262 e. The molecule has 1 aliphatic carbocycles. The van der Waals surface area contributed by atoms with E-state index in [1.807, 2.05) is 19.1 Å². The fraction of sp³-hybridized carbons (Fsp3) is 0.526. The lowest BCUT2D eigenvalue weighted by Gasteiger charge is -2.16. The Morgan fingerprint density at radius 3 is 2.73 bits per heavy atom. The number of carbonyl (C=O) groups is 1. The molecule has 0 atom stereocenters. The van der Waals surface area contributed by atoms with E-state index in [1.165, 1.54) is 37.4 Å². The van der Waals surface area contributed by atoms with E-state index >= 15 is 0 Å². The Hall–Kier alpha value is -1.34. The number of rotatable bonds is 5. The molecule has 1 aromatic heterocycles. The van der Waals surface area contributed by atoms with Crippen LogP contribution in [0.3, 0.4) is 0 Å². The molecule has 0 spiro atoms. The number of carbonyl (C=O) groups excluding carboxylic acids is 1. The van der Waals surface area contributed by atoms with Crippen molar-refractivity contribution in [2.75, 3.05) is 5.75 Å². The van der Waals surface area contributed by atoms with Gasteiger partial charge < -0.3 is 5.32 Å². The van der Waals surface area contributed by atoms with Crippen LogP contribution in [0.4, 0.5) is 0 Å². The van der Waals surface area contributed by atoms with Crippen molar-refractivity contribution < 1.29 is 4.79 Å². The molecular formula is C19H24BrN3O2S. The summed E-state index contributed by atoms with van der Waals surface area (Å²) in [5, 5.41) is 4.34. The van der Waals surface area contributed by atoms with Crippen LogP contribution in [0.15, 0.2) is 32.6 Å². The summed E-state index contributed by atoms with van der Waals surface area (Å²) in [4.78, 5) is 29.7. The van der Waals surface area contributed by atoms with Gasteiger partial charge in [0.05, 0.1) is 16.7 Å². The van der Waals surface area contributed by atoms with Gasteiger partial charge in [-0.05, 0) is 38.0 Å². The second kappa shape index (κ2) is 9.04. The van der Waals surface area contributed by atoms with Crippen LogP contribution >= 0.6 is 27.7 Å². The van der Waals surface area contributed by atoms with Crippen molar-refractivity contribution in [2.24, 2.45) is 0 Å². The number of aromatic nitrogens is 2. The van der Waals surface area contributed by atoms with Gasteiger partial charge in [0.1, 0.15) is 0 Å². The van der Waals surface area contributed by atoms with Crippen molar-refractivity contribution in [1.82, 2.24) is 14.9 Å². The smallest absolute Gasteiger partial charge is 0.262 e. The molecular weight excluding hydrogens is 414 g/mol. The van der Waals surface area contributed by atoms with Gasteiger partial charge in [0.25, 0.3) is 5.56 Å². The first-order valence-electron chi connectivity index (χ1n) is 9.20. The second-order valence-corrected chi connectivity index (χ2v) is 8.51. The Balaban J connectivity index is 1.72. The predicted molar refractivity (Wildman–Crippen MR) is 110 cm³/mol. The highest BCUT2D eigenvalue weighted by atomic mass is 79.9. The minimum Gasteiger partial charge on any atom is -0.353 e. The minimum atomic E-state index is -0.0644. The Kier molecular flexibility index (Phi) is 6.75. The summed E-state index contributed by atoms with van der Waals surface area (Å²) in [6.45, 7) is 2.45.